The second kappa shape index (κ2) is 8.07. The van der Waals surface area contributed by atoms with Crippen LogP contribution in [0, 0.1) is 0 Å². The third-order valence-corrected chi connectivity index (χ3v) is 4.17. The number of benzene rings is 1. The molecule has 0 unspecified atom stereocenters. The zero-order valence-electron chi connectivity index (χ0n) is 14.8. The lowest BCUT2D eigenvalue weighted by molar-refractivity contribution is -0.137. The van der Waals surface area contributed by atoms with Gasteiger partial charge < -0.3 is 14.5 Å². The van der Waals surface area contributed by atoms with Gasteiger partial charge in [0.25, 0.3) is 0 Å². The lowest BCUT2D eigenvalue weighted by Gasteiger charge is -2.35. The smallest absolute Gasteiger partial charge is 0.248 e. The Hall–Kier alpha value is -2.47. The topological polar surface area (TPSA) is 58.6 Å². The van der Waals surface area contributed by atoms with E-state index in [1.54, 1.807) is 6.20 Å². The Morgan fingerprint density at radius 2 is 1.84 bits per heavy atom. The summed E-state index contributed by atoms with van der Waals surface area (Å²) in [4.78, 5) is 25.2. The van der Waals surface area contributed by atoms with E-state index in [0.717, 1.165) is 30.3 Å². The number of hydrogen-bond donors (Lipinski definition) is 0. The second-order valence-corrected chi connectivity index (χ2v) is 6.33. The van der Waals surface area contributed by atoms with Crippen molar-refractivity contribution in [3.63, 3.8) is 0 Å². The molecule has 2 aromatic rings. The first-order valence-electron chi connectivity index (χ1n) is 8.66. The molecular formula is C19H24N4O2. The minimum Gasteiger partial charge on any atom is -0.369 e. The van der Waals surface area contributed by atoms with Crippen LogP contribution in [0.4, 0.5) is 5.82 Å². The van der Waals surface area contributed by atoms with Gasteiger partial charge >= 0.3 is 0 Å². The van der Waals surface area contributed by atoms with Crippen molar-refractivity contribution in [2.45, 2.75) is 20.0 Å². The monoisotopic (exact) mass is 340 g/mol. The fourth-order valence-electron chi connectivity index (χ4n) is 2.77. The van der Waals surface area contributed by atoms with E-state index < -0.39 is 0 Å². The molecule has 1 aromatic heterocycles. The van der Waals surface area contributed by atoms with Crippen LogP contribution in [0.1, 0.15) is 13.8 Å². The molecule has 132 valence electrons. The van der Waals surface area contributed by atoms with Gasteiger partial charge in [-0.15, -0.1) is 0 Å². The van der Waals surface area contributed by atoms with Crippen LogP contribution in [0.15, 0.2) is 42.6 Å². The molecule has 0 radical (unpaired) electrons. The van der Waals surface area contributed by atoms with Crippen molar-refractivity contribution in [1.82, 2.24) is 14.9 Å². The Kier molecular flexibility index (Phi) is 5.60. The molecule has 25 heavy (non-hydrogen) atoms. The summed E-state index contributed by atoms with van der Waals surface area (Å²) in [6, 6.07) is 11.9. The van der Waals surface area contributed by atoms with Crippen LogP contribution in [0.2, 0.25) is 0 Å². The number of piperazine rings is 1. The first kappa shape index (κ1) is 17.4. The van der Waals surface area contributed by atoms with Crippen LogP contribution in [0.25, 0.3) is 11.4 Å². The van der Waals surface area contributed by atoms with E-state index in [1.807, 2.05) is 55.1 Å². The lowest BCUT2D eigenvalue weighted by atomic mass is 10.2. The van der Waals surface area contributed by atoms with Crippen LogP contribution in [-0.2, 0) is 9.53 Å². The van der Waals surface area contributed by atoms with Gasteiger partial charge in [0.2, 0.25) is 5.91 Å². The molecule has 1 aromatic carbocycles. The molecule has 0 aliphatic carbocycles. The Morgan fingerprint density at radius 3 is 2.52 bits per heavy atom. The van der Waals surface area contributed by atoms with Crippen LogP contribution in [0.3, 0.4) is 0 Å². The molecule has 1 aliphatic rings. The highest BCUT2D eigenvalue weighted by Gasteiger charge is 2.22. The van der Waals surface area contributed by atoms with E-state index in [0.29, 0.717) is 13.1 Å². The largest absolute Gasteiger partial charge is 0.369 e. The summed E-state index contributed by atoms with van der Waals surface area (Å²) >= 11 is 0. The van der Waals surface area contributed by atoms with E-state index in [1.165, 1.54) is 0 Å². The first-order chi connectivity index (χ1) is 12.1. The molecule has 6 heteroatoms. The Bertz CT molecular complexity index is 698. The fraction of sp³-hybridized carbons (Fsp3) is 0.421. The number of ether oxygens (including phenoxy) is 1. The fourth-order valence-corrected chi connectivity index (χ4v) is 2.77. The normalized spacial score (nSPS) is 14.8. The highest BCUT2D eigenvalue weighted by Crippen LogP contribution is 2.19. The van der Waals surface area contributed by atoms with Crippen molar-refractivity contribution in [2.24, 2.45) is 0 Å². The third kappa shape index (κ3) is 4.54. The number of anilines is 1. The predicted octanol–water partition coefficient (Wildman–Crippen LogP) is 2.22. The van der Waals surface area contributed by atoms with Crippen LogP contribution in [0.5, 0.6) is 0 Å². The van der Waals surface area contributed by atoms with Gasteiger partial charge in [-0.2, -0.15) is 0 Å². The molecule has 1 aliphatic heterocycles. The van der Waals surface area contributed by atoms with Crippen LogP contribution in [-0.4, -0.2) is 59.7 Å². The van der Waals surface area contributed by atoms with Crippen LogP contribution >= 0.6 is 0 Å². The van der Waals surface area contributed by atoms with Gasteiger partial charge in [0, 0.05) is 37.9 Å². The average molecular weight is 340 g/mol. The molecule has 0 spiro atoms. The van der Waals surface area contributed by atoms with Crippen LogP contribution < -0.4 is 4.90 Å². The van der Waals surface area contributed by atoms with Gasteiger partial charge in [-0.3, -0.25) is 4.79 Å². The summed E-state index contributed by atoms with van der Waals surface area (Å²) in [7, 11) is 0. The molecule has 0 saturated carbocycles. The number of aromatic nitrogens is 2. The third-order valence-electron chi connectivity index (χ3n) is 4.17. The molecule has 2 heterocycles. The van der Waals surface area contributed by atoms with Gasteiger partial charge in [-0.05, 0) is 19.9 Å². The minimum atomic E-state index is 0.0565. The number of carbonyl (C=O) groups excluding carboxylic acids is 1. The molecule has 1 fully saturated rings. The predicted molar refractivity (Wildman–Crippen MR) is 97.3 cm³/mol. The summed E-state index contributed by atoms with van der Waals surface area (Å²) in [6.45, 7) is 6.92. The molecule has 6 nitrogen and oxygen atoms in total. The summed E-state index contributed by atoms with van der Waals surface area (Å²) in [6.07, 6.45) is 1.86. The van der Waals surface area contributed by atoms with Crippen molar-refractivity contribution in [3.05, 3.63) is 42.6 Å². The van der Waals surface area contributed by atoms with Gasteiger partial charge in [0.05, 0.1) is 6.10 Å². The highest BCUT2D eigenvalue weighted by molar-refractivity contribution is 5.77. The van der Waals surface area contributed by atoms with Crippen molar-refractivity contribution in [2.75, 3.05) is 37.7 Å². The van der Waals surface area contributed by atoms with Gasteiger partial charge in [0.1, 0.15) is 12.4 Å². The van der Waals surface area contributed by atoms with E-state index >= 15 is 0 Å². The average Bonchev–Trinajstić information content (AvgIpc) is 2.67. The maximum absolute atomic E-state index is 12.1. The molecule has 0 bridgehead atoms. The van der Waals surface area contributed by atoms with Gasteiger partial charge in [0.15, 0.2) is 5.82 Å². The minimum absolute atomic E-state index is 0.0565. The molecule has 1 saturated heterocycles. The van der Waals surface area contributed by atoms with E-state index in [9.17, 15) is 4.79 Å². The molecule has 1 amide bonds. The highest BCUT2D eigenvalue weighted by atomic mass is 16.5. The summed E-state index contributed by atoms with van der Waals surface area (Å²) in [5.74, 6) is 1.68. The zero-order valence-corrected chi connectivity index (χ0v) is 14.8. The first-order valence-corrected chi connectivity index (χ1v) is 8.66. The number of amides is 1. The Labute approximate surface area is 148 Å². The van der Waals surface area contributed by atoms with Crippen molar-refractivity contribution in [1.29, 1.82) is 0 Å². The summed E-state index contributed by atoms with van der Waals surface area (Å²) < 4.78 is 5.41. The number of nitrogens with zero attached hydrogens (tertiary/aromatic N) is 4. The van der Waals surface area contributed by atoms with Gasteiger partial charge in [-0.25, -0.2) is 9.97 Å². The van der Waals surface area contributed by atoms with E-state index in [2.05, 4.69) is 14.9 Å². The molecule has 3 rings (SSSR count). The SMILES string of the molecule is CC(C)OCC(=O)N1CCN(c2ccnc(-c3ccccc3)n2)CC1. The Balaban J connectivity index is 1.61. The number of rotatable bonds is 5. The standard InChI is InChI=1S/C19H24N4O2/c1-15(2)25-14-18(24)23-12-10-22(11-13-23)17-8-9-20-19(21-17)16-6-4-3-5-7-16/h3-9,15H,10-14H2,1-2H3. The van der Waals surface area contributed by atoms with Crippen molar-refractivity contribution in [3.8, 4) is 11.4 Å². The summed E-state index contributed by atoms with van der Waals surface area (Å²) in [5.41, 5.74) is 1.00. The maximum Gasteiger partial charge on any atom is 0.248 e. The summed E-state index contributed by atoms with van der Waals surface area (Å²) in [5, 5.41) is 0. The van der Waals surface area contributed by atoms with E-state index in [-0.39, 0.29) is 18.6 Å². The van der Waals surface area contributed by atoms with E-state index in [4.69, 9.17) is 4.74 Å². The second-order valence-electron chi connectivity index (χ2n) is 6.33. The number of hydrogen-bond acceptors (Lipinski definition) is 5. The maximum atomic E-state index is 12.1. The lowest BCUT2D eigenvalue weighted by Crippen LogP contribution is -2.50. The molecular weight excluding hydrogens is 316 g/mol. The number of carbonyl (C=O) groups is 1. The quantitative estimate of drug-likeness (QED) is 0.835. The van der Waals surface area contributed by atoms with Gasteiger partial charge in [-0.1, -0.05) is 30.3 Å². The Morgan fingerprint density at radius 1 is 1.12 bits per heavy atom. The van der Waals surface area contributed by atoms with Crippen molar-refractivity contribution < 1.29 is 9.53 Å². The van der Waals surface area contributed by atoms with Crippen molar-refractivity contribution >= 4 is 11.7 Å². The molecule has 0 N–H and O–H groups in total. The molecule has 0 atom stereocenters. The zero-order chi connectivity index (χ0) is 17.6.